The number of amides is 1. The van der Waals surface area contributed by atoms with Crippen LogP contribution >= 0.6 is 27.3 Å². The van der Waals surface area contributed by atoms with Gasteiger partial charge in [-0.1, -0.05) is 0 Å². The summed E-state index contributed by atoms with van der Waals surface area (Å²) in [7, 11) is 1.77. The van der Waals surface area contributed by atoms with Crippen LogP contribution in [0.3, 0.4) is 0 Å². The molecule has 0 bridgehead atoms. The first-order chi connectivity index (χ1) is 8.06. The largest absolute Gasteiger partial charge is 0.456 e. The first-order valence-corrected chi connectivity index (χ1v) is 6.78. The van der Waals surface area contributed by atoms with E-state index in [0.717, 1.165) is 15.1 Å². The fraction of sp³-hybridized carbons (Fsp3) is 0.250. The highest BCUT2D eigenvalue weighted by Gasteiger charge is 2.15. The minimum absolute atomic E-state index is 0.0948. The average molecular weight is 314 g/mol. The second kappa shape index (κ2) is 5.06. The van der Waals surface area contributed by atoms with E-state index in [1.54, 1.807) is 35.4 Å². The van der Waals surface area contributed by atoms with Crippen LogP contribution in [0.2, 0.25) is 0 Å². The van der Waals surface area contributed by atoms with Crippen LogP contribution in [0.4, 0.5) is 0 Å². The lowest BCUT2D eigenvalue weighted by Crippen LogP contribution is -2.25. The Balaban J connectivity index is 2.05. The Morgan fingerprint density at radius 3 is 2.82 bits per heavy atom. The van der Waals surface area contributed by atoms with Gasteiger partial charge in [0.25, 0.3) is 5.91 Å². The van der Waals surface area contributed by atoms with Crippen molar-refractivity contribution in [1.82, 2.24) is 4.90 Å². The number of aryl methyl sites for hydroxylation is 1. The predicted octanol–water partition coefficient (Wildman–Crippen LogP) is 3.68. The topological polar surface area (TPSA) is 33.5 Å². The van der Waals surface area contributed by atoms with Crippen LogP contribution in [0, 0.1) is 6.92 Å². The number of carbonyl (C=O) groups excluding carboxylic acids is 1. The normalized spacial score (nSPS) is 10.5. The van der Waals surface area contributed by atoms with E-state index in [2.05, 4.69) is 15.9 Å². The quantitative estimate of drug-likeness (QED) is 0.866. The van der Waals surface area contributed by atoms with Gasteiger partial charge in [0, 0.05) is 21.8 Å². The van der Waals surface area contributed by atoms with Crippen molar-refractivity contribution in [3.05, 3.63) is 44.4 Å². The highest BCUT2D eigenvalue weighted by molar-refractivity contribution is 9.10. The van der Waals surface area contributed by atoms with E-state index in [0.29, 0.717) is 12.3 Å². The lowest BCUT2D eigenvalue weighted by Gasteiger charge is -2.14. The number of furan rings is 1. The number of hydrogen-bond donors (Lipinski definition) is 0. The van der Waals surface area contributed by atoms with Gasteiger partial charge in [-0.3, -0.25) is 4.79 Å². The summed E-state index contributed by atoms with van der Waals surface area (Å²) in [5.74, 6) is 1.05. The molecule has 3 nitrogen and oxygen atoms in total. The molecule has 0 aliphatic heterocycles. The van der Waals surface area contributed by atoms with E-state index < -0.39 is 0 Å². The molecule has 0 fully saturated rings. The third-order valence-corrected chi connectivity index (χ3v) is 3.99. The monoisotopic (exact) mass is 313 g/mol. The molecule has 2 aromatic rings. The summed E-state index contributed by atoms with van der Waals surface area (Å²) in [5, 5.41) is 2.00. The van der Waals surface area contributed by atoms with E-state index in [-0.39, 0.29) is 5.91 Å². The van der Waals surface area contributed by atoms with Crippen molar-refractivity contribution in [2.75, 3.05) is 7.05 Å². The zero-order valence-corrected chi connectivity index (χ0v) is 12.0. The Labute approximate surface area is 112 Å². The van der Waals surface area contributed by atoms with E-state index >= 15 is 0 Å². The molecule has 2 heterocycles. The Kier molecular flexibility index (Phi) is 3.69. The van der Waals surface area contributed by atoms with E-state index in [1.165, 1.54) is 0 Å². The number of thiophene rings is 1. The summed E-state index contributed by atoms with van der Waals surface area (Å²) >= 11 is 5.02. The Hall–Kier alpha value is -1.07. The summed E-state index contributed by atoms with van der Waals surface area (Å²) in [4.78, 5) is 14.8. The maximum absolute atomic E-state index is 12.0. The molecule has 0 radical (unpaired) electrons. The zero-order chi connectivity index (χ0) is 12.4. The highest BCUT2D eigenvalue weighted by atomic mass is 79.9. The summed E-state index contributed by atoms with van der Waals surface area (Å²) < 4.78 is 6.36. The zero-order valence-electron chi connectivity index (χ0n) is 9.57. The first-order valence-electron chi connectivity index (χ1n) is 5.11. The molecule has 0 aromatic carbocycles. The van der Waals surface area contributed by atoms with Crippen LogP contribution in [0.1, 0.15) is 21.2 Å². The van der Waals surface area contributed by atoms with Gasteiger partial charge in [0.2, 0.25) is 0 Å². The summed E-state index contributed by atoms with van der Waals surface area (Å²) in [6.45, 7) is 2.42. The summed E-state index contributed by atoms with van der Waals surface area (Å²) in [5.41, 5.74) is 0. The Bertz CT molecular complexity index is 532. The molecule has 0 spiro atoms. The third kappa shape index (κ3) is 2.98. The molecular weight excluding hydrogens is 302 g/mol. The maximum atomic E-state index is 12.0. The summed E-state index contributed by atoms with van der Waals surface area (Å²) in [6.07, 6.45) is 0. The second-order valence-electron chi connectivity index (χ2n) is 3.80. The molecule has 0 atom stereocenters. The van der Waals surface area contributed by atoms with Gasteiger partial charge in [0.1, 0.15) is 5.76 Å². The minimum atomic E-state index is -0.0948. The van der Waals surface area contributed by atoms with Gasteiger partial charge in [-0.05, 0) is 41.1 Å². The van der Waals surface area contributed by atoms with Crippen LogP contribution in [0.25, 0.3) is 0 Å². The molecule has 0 aliphatic carbocycles. The van der Waals surface area contributed by atoms with Gasteiger partial charge in [0.05, 0.1) is 6.54 Å². The number of nitrogens with zero attached hydrogens (tertiary/aromatic N) is 1. The molecular formula is C12H12BrNO2S. The fourth-order valence-electron chi connectivity index (χ4n) is 1.48. The molecule has 0 unspecified atom stereocenters. The number of halogens is 1. The standard InChI is InChI=1S/C12H12BrNO2S/c1-8-3-4-11(16-8)12(15)14(2)6-10-5-9(13)7-17-10/h3-5,7H,6H2,1-2H3. The fourth-order valence-corrected chi connectivity index (χ4v) is 2.98. The smallest absolute Gasteiger partial charge is 0.289 e. The molecule has 0 N–H and O–H groups in total. The first kappa shape index (κ1) is 12.4. The van der Waals surface area contributed by atoms with Crippen molar-refractivity contribution in [1.29, 1.82) is 0 Å². The van der Waals surface area contributed by atoms with Crippen molar-refractivity contribution in [2.24, 2.45) is 0 Å². The van der Waals surface area contributed by atoms with Crippen LogP contribution in [-0.4, -0.2) is 17.9 Å². The van der Waals surface area contributed by atoms with Crippen molar-refractivity contribution in [3.8, 4) is 0 Å². The van der Waals surface area contributed by atoms with Crippen molar-refractivity contribution >= 4 is 33.2 Å². The molecule has 1 amide bonds. The maximum Gasteiger partial charge on any atom is 0.289 e. The molecule has 5 heteroatoms. The Morgan fingerprint density at radius 1 is 1.53 bits per heavy atom. The van der Waals surface area contributed by atoms with Gasteiger partial charge in [-0.2, -0.15) is 0 Å². The van der Waals surface area contributed by atoms with E-state index in [4.69, 9.17) is 4.42 Å². The third-order valence-electron chi connectivity index (χ3n) is 2.31. The second-order valence-corrected chi connectivity index (χ2v) is 5.71. The molecule has 17 heavy (non-hydrogen) atoms. The van der Waals surface area contributed by atoms with E-state index in [9.17, 15) is 4.79 Å². The molecule has 2 aromatic heterocycles. The van der Waals surface area contributed by atoms with Crippen LogP contribution < -0.4 is 0 Å². The van der Waals surface area contributed by atoms with Gasteiger partial charge in [0.15, 0.2) is 5.76 Å². The van der Waals surface area contributed by atoms with Crippen molar-refractivity contribution in [3.63, 3.8) is 0 Å². The summed E-state index contributed by atoms with van der Waals surface area (Å²) in [6, 6.07) is 5.52. The van der Waals surface area contributed by atoms with Crippen LogP contribution in [-0.2, 0) is 6.54 Å². The van der Waals surface area contributed by atoms with Crippen molar-refractivity contribution in [2.45, 2.75) is 13.5 Å². The molecule has 90 valence electrons. The van der Waals surface area contributed by atoms with Gasteiger partial charge >= 0.3 is 0 Å². The van der Waals surface area contributed by atoms with Crippen molar-refractivity contribution < 1.29 is 9.21 Å². The predicted molar refractivity (Wildman–Crippen MR) is 71.3 cm³/mol. The van der Waals surface area contributed by atoms with E-state index in [1.807, 2.05) is 18.4 Å². The highest BCUT2D eigenvalue weighted by Crippen LogP contribution is 2.21. The van der Waals surface area contributed by atoms with Gasteiger partial charge < -0.3 is 9.32 Å². The molecule has 2 rings (SSSR count). The molecule has 0 saturated heterocycles. The SMILES string of the molecule is Cc1ccc(C(=O)N(C)Cc2cc(Br)cs2)o1. The van der Waals surface area contributed by atoms with Gasteiger partial charge in [-0.15, -0.1) is 11.3 Å². The average Bonchev–Trinajstić information content (AvgIpc) is 2.87. The lowest BCUT2D eigenvalue weighted by atomic mass is 10.3. The number of rotatable bonds is 3. The van der Waals surface area contributed by atoms with Crippen LogP contribution in [0.15, 0.2) is 32.5 Å². The number of carbonyl (C=O) groups is 1. The molecule has 0 saturated carbocycles. The number of hydrogen-bond acceptors (Lipinski definition) is 3. The Morgan fingerprint density at radius 2 is 2.29 bits per heavy atom. The van der Waals surface area contributed by atoms with Gasteiger partial charge in [-0.25, -0.2) is 0 Å². The van der Waals surface area contributed by atoms with Crippen LogP contribution in [0.5, 0.6) is 0 Å². The lowest BCUT2D eigenvalue weighted by molar-refractivity contribution is 0.0753. The molecule has 0 aliphatic rings. The minimum Gasteiger partial charge on any atom is -0.456 e.